The van der Waals surface area contributed by atoms with E-state index in [0.717, 1.165) is 18.8 Å². The summed E-state index contributed by atoms with van der Waals surface area (Å²) in [6.07, 6.45) is 4.26. The molecule has 0 saturated carbocycles. The number of piperazine rings is 1. The molecule has 0 bridgehead atoms. The molecule has 0 radical (unpaired) electrons. The Morgan fingerprint density at radius 1 is 1.13 bits per heavy atom. The normalized spacial score (nSPS) is 15.4. The number of carbonyl (C=O) groups excluding carboxylic acids is 1. The molecule has 1 saturated heterocycles. The van der Waals surface area contributed by atoms with Gasteiger partial charge in [0.1, 0.15) is 11.4 Å². The van der Waals surface area contributed by atoms with Crippen LogP contribution in [0.25, 0.3) is 0 Å². The molecule has 0 spiro atoms. The second-order valence-corrected chi connectivity index (χ2v) is 8.40. The minimum absolute atomic E-state index is 0.275. The van der Waals surface area contributed by atoms with Crippen molar-refractivity contribution in [3.63, 3.8) is 0 Å². The van der Waals surface area contributed by atoms with Crippen molar-refractivity contribution in [1.29, 1.82) is 0 Å². The van der Waals surface area contributed by atoms with Crippen LogP contribution in [0.2, 0.25) is 0 Å². The fourth-order valence-electron chi connectivity index (χ4n) is 3.31. The average molecular weight is 413 g/mol. The number of rotatable bonds is 5. The summed E-state index contributed by atoms with van der Waals surface area (Å²) in [5.74, 6) is 1.50. The fraction of sp³-hybridized carbons (Fsp3) is 0.500. The van der Waals surface area contributed by atoms with Gasteiger partial charge in [-0.2, -0.15) is 0 Å². The SMILES string of the molecule is CC(C)(C)OC(=O)N1CCN(C(N)=NCCc2nccn2Cc2ccccc2)CC1. The monoisotopic (exact) mass is 412 g/mol. The number of carbonyl (C=O) groups is 1. The first kappa shape index (κ1) is 21.7. The standard InChI is InChI=1S/C22H32N6O2/c1-22(2,3)30-21(29)27-15-13-26(14-16-27)20(23)25-10-9-19-24-11-12-28(19)17-18-7-5-4-6-8-18/h4-8,11-12H,9-10,13-17H2,1-3H3,(H2,23,25). The van der Waals surface area contributed by atoms with Crippen molar-refractivity contribution < 1.29 is 9.53 Å². The van der Waals surface area contributed by atoms with Crippen LogP contribution >= 0.6 is 0 Å². The lowest BCUT2D eigenvalue weighted by Crippen LogP contribution is -2.53. The Morgan fingerprint density at radius 3 is 2.47 bits per heavy atom. The van der Waals surface area contributed by atoms with E-state index in [1.165, 1.54) is 5.56 Å². The van der Waals surface area contributed by atoms with Crippen LogP contribution in [0, 0.1) is 0 Å². The first-order valence-electron chi connectivity index (χ1n) is 10.4. The maximum atomic E-state index is 12.2. The molecule has 8 heteroatoms. The highest BCUT2D eigenvalue weighted by atomic mass is 16.6. The molecule has 1 aromatic heterocycles. The molecule has 2 aromatic rings. The van der Waals surface area contributed by atoms with E-state index in [-0.39, 0.29) is 6.09 Å². The average Bonchev–Trinajstić information content (AvgIpc) is 3.14. The summed E-state index contributed by atoms with van der Waals surface area (Å²) in [4.78, 5) is 24.9. The van der Waals surface area contributed by atoms with E-state index in [1.54, 1.807) is 4.90 Å². The Bertz CT molecular complexity index is 848. The number of aliphatic imine (C=N–C) groups is 1. The number of hydrogen-bond donors (Lipinski definition) is 1. The zero-order valence-electron chi connectivity index (χ0n) is 18.1. The van der Waals surface area contributed by atoms with Gasteiger partial charge in [0.25, 0.3) is 0 Å². The molecule has 1 aliphatic heterocycles. The molecule has 2 heterocycles. The molecule has 1 fully saturated rings. The number of hydrogen-bond acceptors (Lipinski definition) is 4. The van der Waals surface area contributed by atoms with E-state index in [1.807, 2.05) is 56.3 Å². The van der Waals surface area contributed by atoms with Crippen molar-refractivity contribution in [3.8, 4) is 0 Å². The minimum atomic E-state index is -0.485. The van der Waals surface area contributed by atoms with Gasteiger partial charge in [0.05, 0.1) is 0 Å². The number of benzene rings is 1. The molecule has 2 N–H and O–H groups in total. The maximum absolute atomic E-state index is 12.2. The van der Waals surface area contributed by atoms with Crippen LogP contribution in [-0.2, 0) is 17.7 Å². The molecule has 0 atom stereocenters. The van der Waals surface area contributed by atoms with Crippen molar-refractivity contribution in [1.82, 2.24) is 19.4 Å². The van der Waals surface area contributed by atoms with Crippen LogP contribution in [0.5, 0.6) is 0 Å². The van der Waals surface area contributed by atoms with Crippen molar-refractivity contribution >= 4 is 12.1 Å². The van der Waals surface area contributed by atoms with Crippen molar-refractivity contribution in [2.75, 3.05) is 32.7 Å². The van der Waals surface area contributed by atoms with Crippen molar-refractivity contribution in [2.45, 2.75) is 39.3 Å². The number of ether oxygens (including phenoxy) is 1. The number of amides is 1. The molecule has 1 aromatic carbocycles. The zero-order chi connectivity index (χ0) is 21.6. The largest absolute Gasteiger partial charge is 0.444 e. The third kappa shape index (κ3) is 6.23. The predicted molar refractivity (Wildman–Crippen MR) is 117 cm³/mol. The van der Waals surface area contributed by atoms with E-state index in [2.05, 4.69) is 26.7 Å². The van der Waals surface area contributed by atoms with Crippen molar-refractivity contribution in [3.05, 3.63) is 54.1 Å². The second-order valence-electron chi connectivity index (χ2n) is 8.40. The third-order valence-electron chi connectivity index (χ3n) is 4.86. The number of nitrogens with zero attached hydrogens (tertiary/aromatic N) is 5. The molecule has 3 rings (SSSR count). The number of nitrogens with two attached hydrogens (primary N) is 1. The second kappa shape index (κ2) is 9.65. The molecule has 0 unspecified atom stereocenters. The van der Waals surface area contributed by atoms with E-state index in [9.17, 15) is 4.79 Å². The summed E-state index contributed by atoms with van der Waals surface area (Å²) < 4.78 is 7.57. The zero-order valence-corrected chi connectivity index (χ0v) is 18.1. The van der Waals surface area contributed by atoms with Crippen LogP contribution in [0.3, 0.4) is 0 Å². The molecular weight excluding hydrogens is 380 g/mol. The number of guanidine groups is 1. The fourth-order valence-corrected chi connectivity index (χ4v) is 3.31. The van der Waals surface area contributed by atoms with Crippen LogP contribution in [0.15, 0.2) is 47.7 Å². The topological polar surface area (TPSA) is 89.0 Å². The Kier molecular flexibility index (Phi) is 6.97. The molecule has 8 nitrogen and oxygen atoms in total. The lowest BCUT2D eigenvalue weighted by molar-refractivity contribution is 0.0186. The summed E-state index contributed by atoms with van der Waals surface area (Å²) in [7, 11) is 0. The lowest BCUT2D eigenvalue weighted by atomic mass is 10.2. The van der Waals surface area contributed by atoms with Gasteiger partial charge in [-0.3, -0.25) is 4.99 Å². The van der Waals surface area contributed by atoms with Crippen LogP contribution in [-0.4, -0.2) is 69.7 Å². The van der Waals surface area contributed by atoms with E-state index < -0.39 is 5.60 Å². The van der Waals surface area contributed by atoms with Gasteiger partial charge in [-0.05, 0) is 26.3 Å². The first-order chi connectivity index (χ1) is 14.3. The number of imidazole rings is 1. The van der Waals surface area contributed by atoms with Gasteiger partial charge < -0.3 is 24.8 Å². The van der Waals surface area contributed by atoms with Crippen LogP contribution < -0.4 is 5.73 Å². The Labute approximate surface area is 178 Å². The molecule has 30 heavy (non-hydrogen) atoms. The summed E-state index contributed by atoms with van der Waals surface area (Å²) in [6, 6.07) is 10.3. The van der Waals surface area contributed by atoms with Gasteiger partial charge >= 0.3 is 6.09 Å². The van der Waals surface area contributed by atoms with E-state index in [4.69, 9.17) is 10.5 Å². The van der Waals surface area contributed by atoms with Crippen LogP contribution in [0.1, 0.15) is 32.2 Å². The predicted octanol–water partition coefficient (Wildman–Crippen LogP) is 2.34. The van der Waals surface area contributed by atoms with Gasteiger partial charge in [-0.25, -0.2) is 9.78 Å². The van der Waals surface area contributed by atoms with E-state index in [0.29, 0.717) is 38.7 Å². The Hall–Kier alpha value is -3.03. The molecule has 0 aliphatic carbocycles. The minimum Gasteiger partial charge on any atom is -0.444 e. The maximum Gasteiger partial charge on any atom is 0.410 e. The van der Waals surface area contributed by atoms with Crippen LogP contribution in [0.4, 0.5) is 4.79 Å². The molecular formula is C22H32N6O2. The summed E-state index contributed by atoms with van der Waals surface area (Å²) in [5, 5.41) is 0. The lowest BCUT2D eigenvalue weighted by Gasteiger charge is -2.36. The van der Waals surface area contributed by atoms with Gasteiger partial charge in [-0.15, -0.1) is 0 Å². The summed E-state index contributed by atoms with van der Waals surface area (Å²) >= 11 is 0. The van der Waals surface area contributed by atoms with Gasteiger partial charge in [0.15, 0.2) is 5.96 Å². The summed E-state index contributed by atoms with van der Waals surface area (Å²) in [6.45, 7) is 9.43. The summed E-state index contributed by atoms with van der Waals surface area (Å²) in [5.41, 5.74) is 6.94. The van der Waals surface area contributed by atoms with E-state index >= 15 is 0 Å². The third-order valence-corrected chi connectivity index (χ3v) is 4.86. The Morgan fingerprint density at radius 2 is 1.80 bits per heavy atom. The highest BCUT2D eigenvalue weighted by molar-refractivity contribution is 5.78. The number of aromatic nitrogens is 2. The Balaban J connectivity index is 1.47. The van der Waals surface area contributed by atoms with Crippen molar-refractivity contribution in [2.24, 2.45) is 10.7 Å². The molecule has 162 valence electrons. The highest BCUT2D eigenvalue weighted by Gasteiger charge is 2.26. The van der Waals surface area contributed by atoms with Gasteiger partial charge in [-0.1, -0.05) is 30.3 Å². The van der Waals surface area contributed by atoms with Gasteiger partial charge in [0.2, 0.25) is 0 Å². The molecule has 1 amide bonds. The molecule has 1 aliphatic rings. The smallest absolute Gasteiger partial charge is 0.410 e. The quantitative estimate of drug-likeness (QED) is 0.601. The van der Waals surface area contributed by atoms with Gasteiger partial charge in [0, 0.05) is 58.1 Å². The highest BCUT2D eigenvalue weighted by Crippen LogP contribution is 2.12. The first-order valence-corrected chi connectivity index (χ1v) is 10.4.